The van der Waals surface area contributed by atoms with Gasteiger partial charge in [0.1, 0.15) is 0 Å². The zero-order chi connectivity index (χ0) is 11.5. The van der Waals surface area contributed by atoms with E-state index in [1.807, 2.05) is 4.90 Å². The fraction of sp³-hybridized carbons (Fsp3) is 0.833. The summed E-state index contributed by atoms with van der Waals surface area (Å²) in [5.41, 5.74) is 0. The lowest BCUT2D eigenvalue weighted by Crippen LogP contribution is -2.37. The number of nitrogens with zero attached hydrogens (tertiary/aromatic N) is 1. The van der Waals surface area contributed by atoms with Crippen molar-refractivity contribution in [3.8, 4) is 0 Å². The molecular formula is C12H20N2O2. The van der Waals surface area contributed by atoms with Crippen LogP contribution in [0.15, 0.2) is 0 Å². The zero-order valence-corrected chi connectivity index (χ0v) is 9.87. The van der Waals surface area contributed by atoms with Crippen LogP contribution in [0.2, 0.25) is 0 Å². The summed E-state index contributed by atoms with van der Waals surface area (Å²) in [5.74, 6) is 0.802. The first-order valence-corrected chi connectivity index (χ1v) is 6.22. The Bertz CT molecular complexity index is 291. The number of hydrogen-bond acceptors (Lipinski definition) is 2. The van der Waals surface area contributed by atoms with Crippen LogP contribution in [0.5, 0.6) is 0 Å². The smallest absolute Gasteiger partial charge is 0.227 e. The van der Waals surface area contributed by atoms with Crippen LogP contribution in [0.1, 0.15) is 32.6 Å². The van der Waals surface area contributed by atoms with Crippen LogP contribution in [0.25, 0.3) is 0 Å². The summed E-state index contributed by atoms with van der Waals surface area (Å²) in [5, 5.41) is 2.73. The third kappa shape index (κ3) is 2.54. The molecule has 90 valence electrons. The molecule has 2 rings (SSSR count). The van der Waals surface area contributed by atoms with Crippen LogP contribution in [-0.2, 0) is 9.59 Å². The Kier molecular flexibility index (Phi) is 3.46. The van der Waals surface area contributed by atoms with Crippen LogP contribution < -0.4 is 5.32 Å². The molecule has 0 aliphatic carbocycles. The van der Waals surface area contributed by atoms with Gasteiger partial charge in [-0.3, -0.25) is 9.59 Å². The molecular weight excluding hydrogens is 204 g/mol. The average Bonchev–Trinajstić information content (AvgIpc) is 2.57. The van der Waals surface area contributed by atoms with Gasteiger partial charge in [0, 0.05) is 26.1 Å². The number of likely N-dealkylation sites (tertiary alicyclic amines) is 1. The third-order valence-corrected chi connectivity index (χ3v) is 3.66. The summed E-state index contributed by atoms with van der Waals surface area (Å²) in [6.07, 6.45) is 3.79. The van der Waals surface area contributed by atoms with Gasteiger partial charge in [-0.25, -0.2) is 0 Å². The van der Waals surface area contributed by atoms with E-state index in [4.69, 9.17) is 0 Å². The minimum Gasteiger partial charge on any atom is -0.355 e. The first-order valence-electron chi connectivity index (χ1n) is 6.22. The molecule has 4 heteroatoms. The molecule has 0 aromatic carbocycles. The van der Waals surface area contributed by atoms with E-state index in [1.54, 1.807) is 0 Å². The van der Waals surface area contributed by atoms with Crippen molar-refractivity contribution in [2.24, 2.45) is 11.8 Å². The molecule has 2 saturated heterocycles. The molecule has 0 radical (unpaired) electrons. The lowest BCUT2D eigenvalue weighted by molar-refractivity contribution is -0.135. The molecule has 0 bridgehead atoms. The van der Waals surface area contributed by atoms with E-state index in [9.17, 15) is 9.59 Å². The average molecular weight is 224 g/mol. The number of nitrogens with one attached hydrogen (secondary N) is 1. The molecule has 2 fully saturated rings. The van der Waals surface area contributed by atoms with Crippen molar-refractivity contribution < 1.29 is 9.59 Å². The lowest BCUT2D eigenvalue weighted by atomic mass is 10.0. The van der Waals surface area contributed by atoms with Crippen molar-refractivity contribution in [1.82, 2.24) is 10.2 Å². The lowest BCUT2D eigenvalue weighted by Gasteiger charge is -2.23. The summed E-state index contributed by atoms with van der Waals surface area (Å²) in [6, 6.07) is 0. The van der Waals surface area contributed by atoms with Gasteiger partial charge in [0.05, 0.1) is 5.92 Å². The Morgan fingerprint density at radius 3 is 2.88 bits per heavy atom. The van der Waals surface area contributed by atoms with Crippen LogP contribution in [-0.4, -0.2) is 36.3 Å². The highest BCUT2D eigenvalue weighted by Gasteiger charge is 2.31. The van der Waals surface area contributed by atoms with Gasteiger partial charge in [0.15, 0.2) is 0 Å². The van der Waals surface area contributed by atoms with Gasteiger partial charge in [-0.1, -0.05) is 6.92 Å². The second-order valence-electron chi connectivity index (χ2n) is 5.07. The van der Waals surface area contributed by atoms with Crippen LogP contribution >= 0.6 is 0 Å². The third-order valence-electron chi connectivity index (χ3n) is 3.66. The minimum atomic E-state index is -0.110. The fourth-order valence-corrected chi connectivity index (χ4v) is 2.52. The molecule has 1 N–H and O–H groups in total. The maximum absolute atomic E-state index is 12.1. The number of carbonyl (C=O) groups excluding carboxylic acids is 2. The Labute approximate surface area is 96.4 Å². The Hall–Kier alpha value is -1.06. The van der Waals surface area contributed by atoms with E-state index in [-0.39, 0.29) is 17.7 Å². The summed E-state index contributed by atoms with van der Waals surface area (Å²) in [4.78, 5) is 25.2. The summed E-state index contributed by atoms with van der Waals surface area (Å²) in [7, 11) is 0. The molecule has 2 amide bonds. The number of amides is 2. The molecule has 4 nitrogen and oxygen atoms in total. The number of rotatable bonds is 1. The monoisotopic (exact) mass is 224 g/mol. The topological polar surface area (TPSA) is 49.4 Å². The second kappa shape index (κ2) is 4.85. The maximum Gasteiger partial charge on any atom is 0.227 e. The van der Waals surface area contributed by atoms with Gasteiger partial charge in [0.2, 0.25) is 11.8 Å². The van der Waals surface area contributed by atoms with Gasteiger partial charge < -0.3 is 10.2 Å². The molecule has 2 heterocycles. The highest BCUT2D eigenvalue weighted by molar-refractivity contribution is 5.89. The molecule has 0 aromatic rings. The fourth-order valence-electron chi connectivity index (χ4n) is 2.52. The van der Waals surface area contributed by atoms with Gasteiger partial charge in [-0.15, -0.1) is 0 Å². The summed E-state index contributed by atoms with van der Waals surface area (Å²) >= 11 is 0. The predicted octanol–water partition coefficient (Wildman–Crippen LogP) is 0.771. The number of carbonyl (C=O) groups is 2. The van der Waals surface area contributed by atoms with E-state index in [2.05, 4.69) is 12.2 Å². The maximum atomic E-state index is 12.1. The summed E-state index contributed by atoms with van der Waals surface area (Å²) < 4.78 is 0. The van der Waals surface area contributed by atoms with Crippen LogP contribution in [0.3, 0.4) is 0 Å². The molecule has 2 atom stereocenters. The molecule has 0 aromatic heterocycles. The van der Waals surface area contributed by atoms with Gasteiger partial charge in [-0.05, 0) is 25.2 Å². The normalized spacial score (nSPS) is 31.1. The van der Waals surface area contributed by atoms with Crippen molar-refractivity contribution in [3.05, 3.63) is 0 Å². The largest absolute Gasteiger partial charge is 0.355 e. The first kappa shape index (κ1) is 11.4. The Morgan fingerprint density at radius 2 is 2.19 bits per heavy atom. The highest BCUT2D eigenvalue weighted by Crippen LogP contribution is 2.20. The van der Waals surface area contributed by atoms with E-state index in [0.717, 1.165) is 31.8 Å². The van der Waals surface area contributed by atoms with Crippen LogP contribution in [0.4, 0.5) is 0 Å². The van der Waals surface area contributed by atoms with Crippen molar-refractivity contribution in [3.63, 3.8) is 0 Å². The molecule has 16 heavy (non-hydrogen) atoms. The van der Waals surface area contributed by atoms with Crippen molar-refractivity contribution in [1.29, 1.82) is 0 Å². The van der Waals surface area contributed by atoms with Crippen molar-refractivity contribution in [2.45, 2.75) is 32.6 Å². The zero-order valence-electron chi connectivity index (χ0n) is 9.87. The Morgan fingerprint density at radius 1 is 1.38 bits per heavy atom. The van der Waals surface area contributed by atoms with Crippen LogP contribution in [0, 0.1) is 11.8 Å². The quantitative estimate of drug-likeness (QED) is 0.715. The van der Waals surface area contributed by atoms with Gasteiger partial charge in [-0.2, -0.15) is 0 Å². The predicted molar refractivity (Wildman–Crippen MR) is 60.7 cm³/mol. The SMILES string of the molecule is CC1CCCN(C(=O)C2CNC(=O)C2)CC1. The first-order chi connectivity index (χ1) is 7.66. The van der Waals surface area contributed by atoms with Crippen molar-refractivity contribution >= 4 is 11.8 Å². The second-order valence-corrected chi connectivity index (χ2v) is 5.07. The molecule has 2 aliphatic rings. The van der Waals surface area contributed by atoms with E-state index >= 15 is 0 Å². The highest BCUT2D eigenvalue weighted by atomic mass is 16.2. The van der Waals surface area contributed by atoms with Crippen molar-refractivity contribution in [2.75, 3.05) is 19.6 Å². The molecule has 0 saturated carbocycles. The minimum absolute atomic E-state index is 0.0153. The van der Waals surface area contributed by atoms with E-state index in [1.165, 1.54) is 6.42 Å². The molecule has 2 unspecified atom stereocenters. The van der Waals surface area contributed by atoms with E-state index < -0.39 is 0 Å². The van der Waals surface area contributed by atoms with E-state index in [0.29, 0.717) is 13.0 Å². The van der Waals surface area contributed by atoms with Gasteiger partial charge in [0.25, 0.3) is 0 Å². The van der Waals surface area contributed by atoms with Gasteiger partial charge >= 0.3 is 0 Å². The molecule has 2 aliphatic heterocycles. The Balaban J connectivity index is 1.91. The standard InChI is InChI=1S/C12H20N2O2/c1-9-3-2-5-14(6-4-9)12(16)10-7-11(15)13-8-10/h9-10H,2-8H2,1H3,(H,13,15). The summed E-state index contributed by atoms with van der Waals surface area (Å²) in [6.45, 7) is 4.51. The molecule has 0 spiro atoms. The number of hydrogen-bond donors (Lipinski definition) is 1.